The average Bonchev–Trinajstić information content (AvgIpc) is 2.35. The number of carbonyl (C=O) groups excluding carboxylic acids is 1. The molecule has 2 atom stereocenters. The van der Waals surface area contributed by atoms with Crippen molar-refractivity contribution in [2.75, 3.05) is 13.1 Å². The van der Waals surface area contributed by atoms with Gasteiger partial charge in [0.2, 0.25) is 5.91 Å². The van der Waals surface area contributed by atoms with Crippen molar-refractivity contribution in [1.82, 2.24) is 4.90 Å². The standard InChI is InChI=1S/C18H28BrNO/c1-13-2-4-20(5-3-13)16(21)11-17-7-14-6-15(8-17)10-18(19,9-14)12-17/h13-15H,2-12H2,1H3. The van der Waals surface area contributed by atoms with Crippen LogP contribution >= 0.6 is 15.9 Å². The highest BCUT2D eigenvalue weighted by atomic mass is 79.9. The van der Waals surface area contributed by atoms with Crippen LogP contribution in [-0.2, 0) is 4.79 Å². The summed E-state index contributed by atoms with van der Waals surface area (Å²) >= 11 is 4.06. The van der Waals surface area contributed by atoms with E-state index < -0.39 is 0 Å². The van der Waals surface area contributed by atoms with Crippen LogP contribution in [0.25, 0.3) is 0 Å². The molecule has 0 aromatic heterocycles. The molecule has 1 saturated heterocycles. The van der Waals surface area contributed by atoms with Crippen LogP contribution in [-0.4, -0.2) is 28.2 Å². The first-order chi connectivity index (χ1) is 9.95. The molecular weight excluding hydrogens is 326 g/mol. The van der Waals surface area contributed by atoms with Crippen LogP contribution in [0.4, 0.5) is 0 Å². The molecule has 0 N–H and O–H groups in total. The van der Waals surface area contributed by atoms with Crippen molar-refractivity contribution < 1.29 is 4.79 Å². The summed E-state index contributed by atoms with van der Waals surface area (Å²) in [5.41, 5.74) is 0.341. The number of hydrogen-bond donors (Lipinski definition) is 0. The first-order valence-electron chi connectivity index (χ1n) is 8.92. The fraction of sp³-hybridized carbons (Fsp3) is 0.944. The minimum absolute atomic E-state index is 0.341. The number of amides is 1. The van der Waals surface area contributed by atoms with Crippen LogP contribution < -0.4 is 0 Å². The van der Waals surface area contributed by atoms with E-state index in [0.29, 0.717) is 15.6 Å². The molecule has 1 heterocycles. The summed E-state index contributed by atoms with van der Waals surface area (Å²) in [7, 11) is 0. The Kier molecular flexibility index (Phi) is 3.44. The number of likely N-dealkylation sites (tertiary alicyclic amines) is 1. The molecule has 3 heteroatoms. The molecule has 21 heavy (non-hydrogen) atoms. The summed E-state index contributed by atoms with van der Waals surface area (Å²) in [5.74, 6) is 3.04. The Hall–Kier alpha value is -0.0500. The second kappa shape index (κ2) is 4.97. The van der Waals surface area contributed by atoms with Crippen LogP contribution in [0.2, 0.25) is 0 Å². The van der Waals surface area contributed by atoms with Gasteiger partial charge in [-0.3, -0.25) is 4.79 Å². The molecule has 4 saturated carbocycles. The number of carbonyl (C=O) groups is 1. The molecule has 118 valence electrons. The number of alkyl halides is 1. The summed E-state index contributed by atoms with van der Waals surface area (Å²) in [6.45, 7) is 4.32. The Morgan fingerprint density at radius 2 is 1.76 bits per heavy atom. The van der Waals surface area contributed by atoms with Gasteiger partial charge in [0, 0.05) is 23.8 Å². The normalized spacial score (nSPS) is 46.1. The van der Waals surface area contributed by atoms with Crippen molar-refractivity contribution in [1.29, 1.82) is 0 Å². The number of piperidine rings is 1. The van der Waals surface area contributed by atoms with Crippen molar-refractivity contribution >= 4 is 21.8 Å². The average molecular weight is 354 g/mol. The van der Waals surface area contributed by atoms with Crippen molar-refractivity contribution in [3.8, 4) is 0 Å². The lowest BCUT2D eigenvalue weighted by molar-refractivity contribution is -0.139. The minimum Gasteiger partial charge on any atom is -0.343 e. The van der Waals surface area contributed by atoms with Crippen LogP contribution in [0.15, 0.2) is 0 Å². The molecule has 2 unspecified atom stereocenters. The highest BCUT2D eigenvalue weighted by Gasteiger charge is 2.57. The maximum Gasteiger partial charge on any atom is 0.223 e. The lowest BCUT2D eigenvalue weighted by atomic mass is 9.48. The van der Waals surface area contributed by atoms with Crippen LogP contribution in [0.1, 0.15) is 64.7 Å². The van der Waals surface area contributed by atoms with Gasteiger partial charge in [0.25, 0.3) is 0 Å². The van der Waals surface area contributed by atoms with Gasteiger partial charge in [-0.05, 0) is 74.5 Å². The number of hydrogen-bond acceptors (Lipinski definition) is 1. The van der Waals surface area contributed by atoms with Gasteiger partial charge in [0.15, 0.2) is 0 Å². The molecule has 0 radical (unpaired) electrons. The van der Waals surface area contributed by atoms with Crippen molar-refractivity contribution in [3.63, 3.8) is 0 Å². The van der Waals surface area contributed by atoms with Gasteiger partial charge in [-0.1, -0.05) is 22.9 Å². The molecule has 0 aromatic carbocycles. The van der Waals surface area contributed by atoms with E-state index in [1.54, 1.807) is 0 Å². The predicted molar refractivity (Wildman–Crippen MR) is 88.4 cm³/mol. The molecule has 4 bridgehead atoms. The maximum absolute atomic E-state index is 12.8. The zero-order valence-electron chi connectivity index (χ0n) is 13.2. The Bertz CT molecular complexity index is 426. The lowest BCUT2D eigenvalue weighted by Crippen LogP contribution is -2.54. The van der Waals surface area contributed by atoms with E-state index in [0.717, 1.165) is 37.3 Å². The molecule has 1 amide bonds. The minimum atomic E-state index is 0.341. The second-order valence-electron chi connectivity index (χ2n) is 8.85. The molecule has 2 nitrogen and oxygen atoms in total. The summed E-state index contributed by atoms with van der Waals surface area (Å²) in [6.07, 6.45) is 11.3. The smallest absolute Gasteiger partial charge is 0.223 e. The van der Waals surface area contributed by atoms with E-state index in [1.165, 1.54) is 51.4 Å². The van der Waals surface area contributed by atoms with E-state index in [4.69, 9.17) is 0 Å². The number of rotatable bonds is 2. The van der Waals surface area contributed by atoms with Crippen molar-refractivity contribution in [2.24, 2.45) is 23.2 Å². The van der Waals surface area contributed by atoms with Gasteiger partial charge in [0.05, 0.1) is 0 Å². The quantitative estimate of drug-likeness (QED) is 0.675. The third kappa shape index (κ3) is 2.68. The van der Waals surface area contributed by atoms with Crippen molar-refractivity contribution in [2.45, 2.75) is 69.0 Å². The highest BCUT2D eigenvalue weighted by molar-refractivity contribution is 9.10. The van der Waals surface area contributed by atoms with E-state index in [1.807, 2.05) is 0 Å². The Morgan fingerprint density at radius 1 is 1.14 bits per heavy atom. The van der Waals surface area contributed by atoms with E-state index in [2.05, 4.69) is 27.8 Å². The third-order valence-corrected chi connectivity index (χ3v) is 7.70. The SMILES string of the molecule is CC1CCN(C(=O)CC23CC4CC(CC(Br)(C4)C2)C3)CC1. The fourth-order valence-electron chi connectivity index (χ4n) is 6.23. The zero-order chi connectivity index (χ0) is 14.7. The summed E-state index contributed by atoms with van der Waals surface area (Å²) in [4.78, 5) is 15.0. The van der Waals surface area contributed by atoms with E-state index >= 15 is 0 Å². The molecule has 1 aliphatic heterocycles. The summed E-state index contributed by atoms with van der Waals surface area (Å²) in [6, 6.07) is 0. The largest absolute Gasteiger partial charge is 0.343 e. The van der Waals surface area contributed by atoms with Crippen LogP contribution in [0.3, 0.4) is 0 Å². The maximum atomic E-state index is 12.8. The van der Waals surface area contributed by atoms with Crippen LogP contribution in [0.5, 0.6) is 0 Å². The molecule has 0 aromatic rings. The fourth-order valence-corrected chi connectivity index (χ4v) is 7.74. The predicted octanol–water partition coefficient (Wildman–Crippen LogP) is 4.37. The first-order valence-corrected chi connectivity index (χ1v) is 9.71. The molecule has 5 rings (SSSR count). The van der Waals surface area contributed by atoms with Gasteiger partial charge in [-0.25, -0.2) is 0 Å². The Labute approximate surface area is 137 Å². The lowest BCUT2D eigenvalue weighted by Gasteiger charge is -2.60. The van der Waals surface area contributed by atoms with Gasteiger partial charge in [-0.15, -0.1) is 0 Å². The number of nitrogens with zero attached hydrogens (tertiary/aromatic N) is 1. The monoisotopic (exact) mass is 353 g/mol. The Morgan fingerprint density at radius 3 is 2.33 bits per heavy atom. The second-order valence-corrected chi connectivity index (χ2v) is 10.5. The van der Waals surface area contributed by atoms with Crippen molar-refractivity contribution in [3.05, 3.63) is 0 Å². The highest BCUT2D eigenvalue weighted by Crippen LogP contribution is 2.65. The van der Waals surface area contributed by atoms with Crippen LogP contribution in [0, 0.1) is 23.2 Å². The van der Waals surface area contributed by atoms with E-state index in [9.17, 15) is 4.79 Å². The molecule has 0 spiro atoms. The Balaban J connectivity index is 1.45. The van der Waals surface area contributed by atoms with Gasteiger partial charge in [-0.2, -0.15) is 0 Å². The molecule has 5 aliphatic rings. The topological polar surface area (TPSA) is 20.3 Å². The molecule has 5 fully saturated rings. The van der Waals surface area contributed by atoms with Gasteiger partial charge < -0.3 is 4.90 Å². The third-order valence-electron chi connectivity index (χ3n) is 6.77. The zero-order valence-corrected chi connectivity index (χ0v) is 14.8. The first kappa shape index (κ1) is 14.5. The van der Waals surface area contributed by atoms with E-state index in [-0.39, 0.29) is 0 Å². The molecular formula is C18H28BrNO. The summed E-state index contributed by atoms with van der Waals surface area (Å²) < 4.78 is 0.383. The van der Waals surface area contributed by atoms with Gasteiger partial charge in [0.1, 0.15) is 0 Å². The summed E-state index contributed by atoms with van der Waals surface area (Å²) in [5, 5.41) is 0. The number of halogens is 1. The van der Waals surface area contributed by atoms with Gasteiger partial charge >= 0.3 is 0 Å². The molecule has 4 aliphatic carbocycles.